The van der Waals surface area contributed by atoms with E-state index in [1.807, 2.05) is 27.7 Å². The molecule has 120 valence electrons. The smallest absolute Gasteiger partial charge is 0.00264 e. The maximum absolute atomic E-state index is 2.25. The van der Waals surface area contributed by atoms with Crippen LogP contribution in [0.5, 0.6) is 0 Å². The van der Waals surface area contributed by atoms with Gasteiger partial charge in [-0.15, -0.1) is 0 Å². The molecule has 0 aliphatic heterocycles. The molecule has 0 radical (unpaired) electrons. The molecule has 0 bridgehead atoms. The van der Waals surface area contributed by atoms with Crippen molar-refractivity contribution in [3.8, 4) is 0 Å². The molecule has 5 aromatic rings. The van der Waals surface area contributed by atoms with Crippen molar-refractivity contribution >= 4 is 43.1 Å². The third-order valence-corrected chi connectivity index (χ3v) is 4.39. The Morgan fingerprint density at radius 3 is 0.875 bits per heavy atom. The SMILES string of the molecule is CC.CC.c1cc2cccc3c4cccc5cccc(c(c1)c23)c54. The number of hydrogen-bond donors (Lipinski definition) is 0. The summed E-state index contributed by atoms with van der Waals surface area (Å²) in [5, 5.41) is 10.9. The highest BCUT2D eigenvalue weighted by atomic mass is 14.1. The largest absolute Gasteiger partial charge is 0.0683 e. The Labute approximate surface area is 144 Å². The summed E-state index contributed by atoms with van der Waals surface area (Å²) in [5.74, 6) is 0. The molecule has 0 nitrogen and oxygen atoms in total. The molecule has 5 rings (SSSR count). The minimum Gasteiger partial charge on any atom is -0.0683 e. The first-order valence-electron chi connectivity index (χ1n) is 8.98. The van der Waals surface area contributed by atoms with Crippen molar-refractivity contribution < 1.29 is 0 Å². The molecule has 5 aromatic carbocycles. The molecule has 0 saturated carbocycles. The van der Waals surface area contributed by atoms with Crippen molar-refractivity contribution in [2.45, 2.75) is 27.7 Å². The highest BCUT2D eigenvalue weighted by molar-refractivity contribution is 6.32. The van der Waals surface area contributed by atoms with Crippen LogP contribution in [-0.2, 0) is 0 Å². The van der Waals surface area contributed by atoms with Crippen LogP contribution in [0.3, 0.4) is 0 Å². The lowest BCUT2D eigenvalue weighted by Gasteiger charge is -2.13. The Morgan fingerprint density at radius 1 is 0.375 bits per heavy atom. The second kappa shape index (κ2) is 6.88. The van der Waals surface area contributed by atoms with E-state index in [0.717, 1.165) is 0 Å². The molecule has 0 heterocycles. The van der Waals surface area contributed by atoms with E-state index in [-0.39, 0.29) is 0 Å². The van der Waals surface area contributed by atoms with Gasteiger partial charge in [0.2, 0.25) is 0 Å². The summed E-state index contributed by atoms with van der Waals surface area (Å²) in [6, 6.07) is 26.4. The molecule has 0 aromatic heterocycles. The van der Waals surface area contributed by atoms with E-state index >= 15 is 0 Å². The average molecular weight is 312 g/mol. The lowest BCUT2D eigenvalue weighted by molar-refractivity contribution is 1.50. The Morgan fingerprint density at radius 2 is 0.625 bits per heavy atom. The van der Waals surface area contributed by atoms with E-state index < -0.39 is 0 Å². The zero-order valence-electron chi connectivity index (χ0n) is 14.9. The van der Waals surface area contributed by atoms with Crippen molar-refractivity contribution in [2.24, 2.45) is 0 Å². The molecule has 24 heavy (non-hydrogen) atoms. The van der Waals surface area contributed by atoms with Gasteiger partial charge in [-0.2, -0.15) is 0 Å². The van der Waals surface area contributed by atoms with Crippen LogP contribution in [0.15, 0.2) is 72.8 Å². The summed E-state index contributed by atoms with van der Waals surface area (Å²) in [5.41, 5.74) is 0. The number of fused-ring (bicyclic) bond motifs is 2. The fourth-order valence-corrected chi connectivity index (χ4v) is 3.58. The molecule has 0 spiro atoms. The molecule has 0 heteroatoms. The predicted molar refractivity (Wildman–Crippen MR) is 110 cm³/mol. The monoisotopic (exact) mass is 312 g/mol. The lowest BCUT2D eigenvalue weighted by Crippen LogP contribution is -1.85. The second-order valence-corrected chi connectivity index (χ2v) is 5.42. The predicted octanol–water partition coefficient (Wildman–Crippen LogP) is 7.79. The van der Waals surface area contributed by atoms with Crippen molar-refractivity contribution in [2.75, 3.05) is 0 Å². The van der Waals surface area contributed by atoms with Gasteiger partial charge in [-0.3, -0.25) is 0 Å². The molecule has 0 saturated heterocycles. The first kappa shape index (κ1) is 16.3. The first-order chi connectivity index (χ1) is 11.9. The van der Waals surface area contributed by atoms with Gasteiger partial charge in [0, 0.05) is 0 Å². The quantitative estimate of drug-likeness (QED) is 0.202. The maximum atomic E-state index is 2.25. The van der Waals surface area contributed by atoms with Crippen molar-refractivity contribution in [1.82, 2.24) is 0 Å². The van der Waals surface area contributed by atoms with Crippen LogP contribution >= 0.6 is 0 Å². The molecule has 0 aliphatic rings. The minimum absolute atomic E-state index is 1.33. The molecule has 0 atom stereocenters. The van der Waals surface area contributed by atoms with Crippen molar-refractivity contribution in [3.05, 3.63) is 72.8 Å². The summed E-state index contributed by atoms with van der Waals surface area (Å²) in [6.07, 6.45) is 0. The summed E-state index contributed by atoms with van der Waals surface area (Å²) >= 11 is 0. The van der Waals surface area contributed by atoms with E-state index in [9.17, 15) is 0 Å². The fourth-order valence-electron chi connectivity index (χ4n) is 3.58. The van der Waals surface area contributed by atoms with Crippen LogP contribution in [0.2, 0.25) is 0 Å². The van der Waals surface area contributed by atoms with E-state index in [2.05, 4.69) is 72.8 Å². The van der Waals surface area contributed by atoms with Gasteiger partial charge in [-0.1, -0.05) is 100 Å². The molecule has 0 unspecified atom stereocenters. The van der Waals surface area contributed by atoms with Gasteiger partial charge in [0.15, 0.2) is 0 Å². The third-order valence-electron chi connectivity index (χ3n) is 4.39. The topological polar surface area (TPSA) is 0 Å². The maximum Gasteiger partial charge on any atom is -0.00264 e. The van der Waals surface area contributed by atoms with Gasteiger partial charge in [0.1, 0.15) is 0 Å². The molecular formula is C24H24. The molecule has 0 amide bonds. The van der Waals surface area contributed by atoms with Gasteiger partial charge in [-0.05, 0) is 43.1 Å². The second-order valence-electron chi connectivity index (χ2n) is 5.42. The van der Waals surface area contributed by atoms with Gasteiger partial charge in [-0.25, -0.2) is 0 Å². The van der Waals surface area contributed by atoms with E-state index in [0.29, 0.717) is 0 Å². The normalized spacial score (nSPS) is 10.5. The molecular weight excluding hydrogens is 288 g/mol. The van der Waals surface area contributed by atoms with Crippen LogP contribution in [0.1, 0.15) is 27.7 Å². The summed E-state index contributed by atoms with van der Waals surface area (Å²) in [4.78, 5) is 0. The first-order valence-corrected chi connectivity index (χ1v) is 8.98. The van der Waals surface area contributed by atoms with Crippen LogP contribution in [0, 0.1) is 0 Å². The van der Waals surface area contributed by atoms with Gasteiger partial charge in [0.05, 0.1) is 0 Å². The average Bonchev–Trinajstić information content (AvgIpc) is 2.69. The van der Waals surface area contributed by atoms with Crippen LogP contribution in [0.25, 0.3) is 43.1 Å². The molecule has 0 N–H and O–H groups in total. The van der Waals surface area contributed by atoms with Crippen molar-refractivity contribution in [1.29, 1.82) is 0 Å². The Hall–Kier alpha value is -2.60. The summed E-state index contributed by atoms with van der Waals surface area (Å²) in [6.45, 7) is 8.00. The zero-order valence-corrected chi connectivity index (χ0v) is 14.9. The van der Waals surface area contributed by atoms with E-state index in [1.54, 1.807) is 0 Å². The summed E-state index contributed by atoms with van der Waals surface area (Å²) < 4.78 is 0. The standard InChI is InChI=1S/C20H12.2C2H6/c1-5-13-6-2-11-17-18-12-4-8-14-7-3-10-16(20(14)18)15(9-1)19(13)17;2*1-2/h1-12H;2*1-2H3. The molecule has 0 fully saturated rings. The van der Waals surface area contributed by atoms with Crippen LogP contribution in [0.4, 0.5) is 0 Å². The number of benzene rings is 5. The van der Waals surface area contributed by atoms with Gasteiger partial charge in [0.25, 0.3) is 0 Å². The van der Waals surface area contributed by atoms with E-state index in [1.165, 1.54) is 43.1 Å². The fraction of sp³-hybridized carbons (Fsp3) is 0.167. The van der Waals surface area contributed by atoms with Gasteiger partial charge >= 0.3 is 0 Å². The minimum atomic E-state index is 1.33. The van der Waals surface area contributed by atoms with Gasteiger partial charge < -0.3 is 0 Å². The number of hydrogen-bond acceptors (Lipinski definition) is 0. The lowest BCUT2D eigenvalue weighted by atomic mass is 9.90. The Balaban J connectivity index is 0.000000396. The highest BCUT2D eigenvalue weighted by Crippen LogP contribution is 2.39. The van der Waals surface area contributed by atoms with Crippen LogP contribution in [-0.4, -0.2) is 0 Å². The molecule has 0 aliphatic carbocycles. The van der Waals surface area contributed by atoms with Crippen molar-refractivity contribution in [3.63, 3.8) is 0 Å². The van der Waals surface area contributed by atoms with E-state index in [4.69, 9.17) is 0 Å². The van der Waals surface area contributed by atoms with Crippen LogP contribution < -0.4 is 0 Å². The Kier molecular flexibility index (Phi) is 4.66. The number of rotatable bonds is 0. The highest BCUT2D eigenvalue weighted by Gasteiger charge is 2.11. The Bertz CT molecular complexity index is 917. The zero-order chi connectivity index (χ0) is 17.1. The third kappa shape index (κ3) is 2.30. The summed E-state index contributed by atoms with van der Waals surface area (Å²) in [7, 11) is 0.